The fourth-order valence-electron chi connectivity index (χ4n) is 2.15. The standard InChI is InChI=1S/C11H15NO4S2/c1-7-5-10(8(2)17-7)18(15,16)12-4-3-9(6-12)11(13)14/h5,9H,3-4,6H2,1-2H3,(H,13,14)/t9-/m1/s1. The fraction of sp³-hybridized carbons (Fsp3) is 0.545. The zero-order valence-electron chi connectivity index (χ0n) is 10.2. The molecule has 1 aromatic heterocycles. The van der Waals surface area contributed by atoms with Crippen LogP contribution in [0.15, 0.2) is 11.0 Å². The number of carboxylic acids is 1. The van der Waals surface area contributed by atoms with Crippen molar-refractivity contribution in [1.29, 1.82) is 0 Å². The number of nitrogens with zero attached hydrogens (tertiary/aromatic N) is 1. The zero-order valence-corrected chi connectivity index (χ0v) is 11.8. The van der Waals surface area contributed by atoms with E-state index in [0.29, 0.717) is 11.3 Å². The highest BCUT2D eigenvalue weighted by Crippen LogP contribution is 2.30. The Morgan fingerprint density at radius 2 is 2.17 bits per heavy atom. The summed E-state index contributed by atoms with van der Waals surface area (Å²) in [5.74, 6) is -1.51. The highest BCUT2D eigenvalue weighted by Gasteiger charge is 2.36. The van der Waals surface area contributed by atoms with Crippen molar-refractivity contribution in [3.05, 3.63) is 15.8 Å². The number of rotatable bonds is 3. The molecule has 1 aromatic rings. The van der Waals surface area contributed by atoms with Gasteiger partial charge in [-0.05, 0) is 26.3 Å². The average Bonchev–Trinajstić information content (AvgIpc) is 2.85. The minimum absolute atomic E-state index is 0.0754. The lowest BCUT2D eigenvalue weighted by Gasteiger charge is -2.15. The third-order valence-corrected chi connectivity index (χ3v) is 6.20. The van der Waals surface area contributed by atoms with Gasteiger partial charge in [0.05, 0.1) is 10.8 Å². The van der Waals surface area contributed by atoms with E-state index >= 15 is 0 Å². The van der Waals surface area contributed by atoms with E-state index in [0.717, 1.165) is 9.75 Å². The van der Waals surface area contributed by atoms with Gasteiger partial charge < -0.3 is 5.11 Å². The molecule has 1 saturated heterocycles. The summed E-state index contributed by atoms with van der Waals surface area (Å²) in [6, 6.07) is 1.66. The lowest BCUT2D eigenvalue weighted by Crippen LogP contribution is -2.30. The summed E-state index contributed by atoms with van der Waals surface area (Å²) in [6.07, 6.45) is 0.386. The summed E-state index contributed by atoms with van der Waals surface area (Å²) in [4.78, 5) is 12.9. The van der Waals surface area contributed by atoms with E-state index < -0.39 is 21.9 Å². The largest absolute Gasteiger partial charge is 0.481 e. The number of carbonyl (C=O) groups is 1. The van der Waals surface area contributed by atoms with Crippen molar-refractivity contribution in [3.8, 4) is 0 Å². The van der Waals surface area contributed by atoms with E-state index in [4.69, 9.17) is 5.11 Å². The van der Waals surface area contributed by atoms with Gasteiger partial charge in [0.15, 0.2) is 0 Å². The number of hydrogen-bond acceptors (Lipinski definition) is 4. The highest BCUT2D eigenvalue weighted by molar-refractivity contribution is 7.89. The van der Waals surface area contributed by atoms with Crippen LogP contribution in [0.2, 0.25) is 0 Å². The summed E-state index contributed by atoms with van der Waals surface area (Å²) in [6.45, 7) is 4.00. The predicted molar refractivity (Wildman–Crippen MR) is 68.3 cm³/mol. The van der Waals surface area contributed by atoms with Crippen molar-refractivity contribution in [2.45, 2.75) is 25.2 Å². The van der Waals surface area contributed by atoms with Gasteiger partial charge in [0.1, 0.15) is 0 Å². The smallest absolute Gasteiger partial charge is 0.307 e. The number of thiophene rings is 1. The molecule has 0 radical (unpaired) electrons. The first-order valence-electron chi connectivity index (χ1n) is 5.62. The van der Waals surface area contributed by atoms with E-state index in [9.17, 15) is 13.2 Å². The summed E-state index contributed by atoms with van der Waals surface area (Å²) >= 11 is 1.44. The maximum absolute atomic E-state index is 12.4. The average molecular weight is 289 g/mol. The lowest BCUT2D eigenvalue weighted by atomic mass is 10.1. The molecule has 1 aliphatic rings. The van der Waals surface area contributed by atoms with Crippen LogP contribution < -0.4 is 0 Å². The molecule has 2 rings (SSSR count). The van der Waals surface area contributed by atoms with Crippen molar-refractivity contribution in [1.82, 2.24) is 4.31 Å². The number of carboxylic acid groups (broad SMARTS) is 1. The van der Waals surface area contributed by atoms with Gasteiger partial charge in [-0.3, -0.25) is 4.79 Å². The quantitative estimate of drug-likeness (QED) is 0.914. The Labute approximate surface area is 110 Å². The van der Waals surface area contributed by atoms with Crippen molar-refractivity contribution >= 4 is 27.3 Å². The van der Waals surface area contributed by atoms with Gasteiger partial charge in [-0.15, -0.1) is 11.3 Å². The minimum Gasteiger partial charge on any atom is -0.481 e. The van der Waals surface area contributed by atoms with Crippen molar-refractivity contribution in [3.63, 3.8) is 0 Å². The van der Waals surface area contributed by atoms with E-state index in [1.165, 1.54) is 15.6 Å². The van der Waals surface area contributed by atoms with Gasteiger partial charge in [-0.25, -0.2) is 8.42 Å². The van der Waals surface area contributed by atoms with Crippen LogP contribution >= 0.6 is 11.3 Å². The molecule has 5 nitrogen and oxygen atoms in total. The molecule has 0 spiro atoms. The first kappa shape index (κ1) is 13.5. The maximum atomic E-state index is 12.4. The van der Waals surface area contributed by atoms with Gasteiger partial charge in [-0.2, -0.15) is 4.31 Å². The minimum atomic E-state index is -3.53. The SMILES string of the molecule is Cc1cc(S(=O)(=O)N2CC[C@@H](C(=O)O)C2)c(C)s1. The second kappa shape index (κ2) is 4.64. The summed E-state index contributed by atoms with van der Waals surface area (Å²) < 4.78 is 26.0. The molecule has 1 aliphatic heterocycles. The Kier molecular flexibility index (Phi) is 3.48. The van der Waals surface area contributed by atoms with Crippen LogP contribution in [0.5, 0.6) is 0 Å². The van der Waals surface area contributed by atoms with Crippen LogP contribution in [0, 0.1) is 19.8 Å². The number of aryl methyl sites for hydroxylation is 2. The van der Waals surface area contributed by atoms with Gasteiger partial charge >= 0.3 is 5.97 Å². The Hall–Kier alpha value is -0.920. The van der Waals surface area contributed by atoms with Gasteiger partial charge in [-0.1, -0.05) is 0 Å². The third kappa shape index (κ3) is 2.30. The Bertz CT molecular complexity index is 576. The molecule has 7 heteroatoms. The number of hydrogen-bond donors (Lipinski definition) is 1. The summed E-state index contributed by atoms with van der Waals surface area (Å²) in [5.41, 5.74) is 0. The van der Waals surface area contributed by atoms with Crippen LogP contribution in [-0.4, -0.2) is 36.9 Å². The van der Waals surface area contributed by atoms with Gasteiger partial charge in [0, 0.05) is 22.8 Å². The topological polar surface area (TPSA) is 74.7 Å². The second-order valence-electron chi connectivity index (χ2n) is 4.46. The van der Waals surface area contributed by atoms with Crippen LogP contribution in [-0.2, 0) is 14.8 Å². The lowest BCUT2D eigenvalue weighted by molar-refractivity contribution is -0.141. The van der Waals surface area contributed by atoms with Crippen molar-refractivity contribution in [2.75, 3.05) is 13.1 Å². The first-order valence-corrected chi connectivity index (χ1v) is 7.88. The predicted octanol–water partition coefficient (Wildman–Crippen LogP) is 1.46. The first-order chi connectivity index (χ1) is 8.32. The summed E-state index contributed by atoms with van der Waals surface area (Å²) in [7, 11) is -3.53. The third-order valence-electron chi connectivity index (χ3n) is 3.11. The highest BCUT2D eigenvalue weighted by atomic mass is 32.2. The Morgan fingerprint density at radius 3 is 2.61 bits per heavy atom. The van der Waals surface area contributed by atoms with Gasteiger partial charge in [0.2, 0.25) is 10.0 Å². The molecule has 0 saturated carbocycles. The van der Waals surface area contributed by atoms with E-state index in [1.54, 1.807) is 13.0 Å². The van der Waals surface area contributed by atoms with Crippen LogP contribution in [0.25, 0.3) is 0 Å². The monoisotopic (exact) mass is 289 g/mol. The molecule has 1 fully saturated rings. The molecule has 18 heavy (non-hydrogen) atoms. The molecule has 0 aliphatic carbocycles. The zero-order chi connectivity index (χ0) is 13.5. The molecule has 0 amide bonds. The maximum Gasteiger partial charge on any atom is 0.307 e. The summed E-state index contributed by atoms with van der Waals surface area (Å²) in [5, 5.41) is 8.91. The van der Waals surface area contributed by atoms with Gasteiger partial charge in [0.25, 0.3) is 0 Å². The van der Waals surface area contributed by atoms with Crippen LogP contribution in [0.4, 0.5) is 0 Å². The molecule has 0 bridgehead atoms. The molecule has 0 unspecified atom stereocenters. The molecule has 1 N–H and O–H groups in total. The fourth-order valence-corrected chi connectivity index (χ4v) is 5.17. The number of aliphatic carboxylic acids is 1. The molecule has 1 atom stereocenters. The molecule has 0 aromatic carbocycles. The normalized spacial score (nSPS) is 21.3. The molecular formula is C11H15NO4S2. The second-order valence-corrected chi connectivity index (χ2v) is 7.83. The van der Waals surface area contributed by atoms with Crippen molar-refractivity contribution < 1.29 is 18.3 Å². The van der Waals surface area contributed by atoms with Crippen LogP contribution in [0.3, 0.4) is 0 Å². The molecule has 100 valence electrons. The Morgan fingerprint density at radius 1 is 1.50 bits per heavy atom. The van der Waals surface area contributed by atoms with E-state index in [-0.39, 0.29) is 13.1 Å². The molecule has 2 heterocycles. The van der Waals surface area contributed by atoms with E-state index in [2.05, 4.69) is 0 Å². The van der Waals surface area contributed by atoms with E-state index in [1.807, 2.05) is 6.92 Å². The number of sulfonamides is 1. The van der Waals surface area contributed by atoms with Crippen molar-refractivity contribution in [2.24, 2.45) is 5.92 Å². The van der Waals surface area contributed by atoms with Crippen LogP contribution in [0.1, 0.15) is 16.2 Å². The Balaban J connectivity index is 2.28. The molecular weight excluding hydrogens is 274 g/mol.